The Kier molecular flexibility index (Phi) is 3.39. The van der Waals surface area contributed by atoms with E-state index in [9.17, 15) is 28.6 Å². The van der Waals surface area contributed by atoms with Gasteiger partial charge in [0.25, 0.3) is 11.4 Å². The zero-order valence-corrected chi connectivity index (χ0v) is 9.09. The molecule has 0 saturated heterocycles. The van der Waals surface area contributed by atoms with Crippen molar-refractivity contribution in [1.82, 2.24) is 0 Å². The van der Waals surface area contributed by atoms with Crippen LogP contribution in [0.2, 0.25) is 0 Å². The third-order valence-electron chi connectivity index (χ3n) is 1.75. The minimum absolute atomic E-state index is 0.103. The normalized spacial score (nSPS) is 11.1. The number of non-ortho nitro benzene ring substituents is 2. The van der Waals surface area contributed by atoms with Crippen molar-refractivity contribution in [3.05, 3.63) is 44.0 Å². The van der Waals surface area contributed by atoms with Crippen LogP contribution in [0.1, 0.15) is 5.56 Å². The number of sulfonamides is 1. The van der Waals surface area contributed by atoms with Gasteiger partial charge in [-0.15, -0.1) is 0 Å². The van der Waals surface area contributed by atoms with Gasteiger partial charge in [-0.05, 0) is 5.56 Å². The van der Waals surface area contributed by atoms with Crippen LogP contribution in [0.5, 0.6) is 0 Å². The number of primary sulfonamides is 1. The van der Waals surface area contributed by atoms with Crippen molar-refractivity contribution in [2.24, 2.45) is 5.14 Å². The summed E-state index contributed by atoms with van der Waals surface area (Å²) in [5.41, 5.74) is -1.22. The third-order valence-corrected chi connectivity index (χ3v) is 2.49. The van der Waals surface area contributed by atoms with E-state index in [-0.39, 0.29) is 5.56 Å². The molecule has 0 amide bonds. The van der Waals surface area contributed by atoms with Crippen LogP contribution >= 0.6 is 0 Å². The molecule has 0 atom stereocenters. The standard InChI is InChI=1S/C7H7N3O6S/c8-17(15,16)4-5-1-6(9(11)12)3-7(2-5)10(13)14/h1-3H,4H2,(H2,8,15,16). The summed E-state index contributed by atoms with van der Waals surface area (Å²) < 4.78 is 21.6. The average molecular weight is 261 g/mol. The lowest BCUT2D eigenvalue weighted by Crippen LogP contribution is -2.14. The number of nitro benzene ring substituents is 2. The van der Waals surface area contributed by atoms with E-state index in [0.717, 1.165) is 18.2 Å². The highest BCUT2D eigenvalue weighted by Crippen LogP contribution is 2.23. The second kappa shape index (κ2) is 4.43. The third kappa shape index (κ3) is 3.77. The molecule has 0 radical (unpaired) electrons. The minimum atomic E-state index is -3.91. The van der Waals surface area contributed by atoms with E-state index < -0.39 is 37.0 Å². The van der Waals surface area contributed by atoms with Crippen LogP contribution in [0.25, 0.3) is 0 Å². The van der Waals surface area contributed by atoms with Gasteiger partial charge < -0.3 is 0 Å². The maximum Gasteiger partial charge on any atom is 0.276 e. The maximum atomic E-state index is 10.8. The number of rotatable bonds is 4. The van der Waals surface area contributed by atoms with Crippen molar-refractivity contribution in [3.63, 3.8) is 0 Å². The first-order chi connectivity index (χ1) is 7.69. The molecule has 0 heterocycles. The Morgan fingerprint density at radius 1 is 1.06 bits per heavy atom. The Balaban J connectivity index is 3.31. The van der Waals surface area contributed by atoms with Gasteiger partial charge in [-0.3, -0.25) is 20.2 Å². The monoisotopic (exact) mass is 261 g/mol. The molecule has 9 nitrogen and oxygen atoms in total. The van der Waals surface area contributed by atoms with Gasteiger partial charge in [-0.1, -0.05) is 0 Å². The average Bonchev–Trinajstić information content (AvgIpc) is 2.14. The molecule has 1 aromatic rings. The second-order valence-corrected chi connectivity index (χ2v) is 4.79. The summed E-state index contributed by atoms with van der Waals surface area (Å²) in [7, 11) is -3.91. The first kappa shape index (κ1) is 13.0. The Labute approximate surface area is 95.2 Å². The zero-order chi connectivity index (χ0) is 13.2. The Morgan fingerprint density at radius 2 is 1.47 bits per heavy atom. The fourth-order valence-electron chi connectivity index (χ4n) is 1.18. The highest BCUT2D eigenvalue weighted by Gasteiger charge is 2.18. The Bertz CT molecular complexity index is 549. The van der Waals surface area contributed by atoms with Gasteiger partial charge in [0.05, 0.1) is 21.7 Å². The minimum Gasteiger partial charge on any atom is -0.258 e. The number of benzene rings is 1. The molecule has 0 bridgehead atoms. The molecule has 0 aliphatic heterocycles. The fourth-order valence-corrected chi connectivity index (χ4v) is 1.81. The number of hydrogen-bond acceptors (Lipinski definition) is 6. The molecule has 0 fully saturated rings. The number of nitrogens with zero attached hydrogens (tertiary/aromatic N) is 2. The molecule has 0 aromatic heterocycles. The molecule has 0 unspecified atom stereocenters. The molecule has 1 rings (SSSR count). The van der Waals surface area contributed by atoms with Crippen LogP contribution < -0.4 is 5.14 Å². The summed E-state index contributed by atoms with van der Waals surface area (Å²) >= 11 is 0. The van der Waals surface area contributed by atoms with Gasteiger partial charge in [0.1, 0.15) is 0 Å². The highest BCUT2D eigenvalue weighted by molar-refractivity contribution is 7.88. The van der Waals surface area contributed by atoms with Gasteiger partial charge >= 0.3 is 0 Å². The molecular weight excluding hydrogens is 254 g/mol. The smallest absolute Gasteiger partial charge is 0.258 e. The number of nitrogens with two attached hydrogens (primary N) is 1. The summed E-state index contributed by atoms with van der Waals surface area (Å²) in [4.78, 5) is 19.3. The topological polar surface area (TPSA) is 146 Å². The summed E-state index contributed by atoms with van der Waals surface area (Å²) in [6.07, 6.45) is 0. The summed E-state index contributed by atoms with van der Waals surface area (Å²) in [6.45, 7) is 0. The van der Waals surface area contributed by atoms with Gasteiger partial charge in [-0.2, -0.15) is 0 Å². The van der Waals surface area contributed by atoms with E-state index in [1.165, 1.54) is 0 Å². The number of hydrogen-bond donors (Lipinski definition) is 1. The molecule has 10 heteroatoms. The molecule has 0 aliphatic rings. The molecular formula is C7H7N3O6S. The lowest BCUT2D eigenvalue weighted by Gasteiger charge is -2.00. The fraction of sp³-hybridized carbons (Fsp3) is 0.143. The van der Waals surface area contributed by atoms with Crippen LogP contribution in [0.4, 0.5) is 11.4 Å². The molecule has 17 heavy (non-hydrogen) atoms. The van der Waals surface area contributed by atoms with Crippen LogP contribution in [-0.4, -0.2) is 18.3 Å². The van der Waals surface area contributed by atoms with E-state index >= 15 is 0 Å². The summed E-state index contributed by atoms with van der Waals surface area (Å²) in [6, 6.07) is 2.60. The molecule has 0 spiro atoms. The predicted molar refractivity (Wildman–Crippen MR) is 56.6 cm³/mol. The van der Waals surface area contributed by atoms with Gasteiger partial charge in [0, 0.05) is 12.1 Å². The molecule has 0 saturated carbocycles. The quantitative estimate of drug-likeness (QED) is 0.608. The maximum absolute atomic E-state index is 10.8. The van der Waals surface area contributed by atoms with Gasteiger partial charge in [0.2, 0.25) is 10.0 Å². The molecule has 2 N–H and O–H groups in total. The van der Waals surface area contributed by atoms with Crippen LogP contribution in [-0.2, 0) is 15.8 Å². The van der Waals surface area contributed by atoms with E-state index in [1.54, 1.807) is 0 Å². The van der Waals surface area contributed by atoms with Crippen molar-refractivity contribution in [2.75, 3.05) is 0 Å². The van der Waals surface area contributed by atoms with Gasteiger partial charge in [0.15, 0.2) is 0 Å². The van der Waals surface area contributed by atoms with E-state index in [1.807, 2.05) is 0 Å². The Morgan fingerprint density at radius 3 is 1.76 bits per heavy atom. The summed E-state index contributed by atoms with van der Waals surface area (Å²) in [5, 5.41) is 25.7. The second-order valence-electron chi connectivity index (χ2n) is 3.18. The largest absolute Gasteiger partial charge is 0.276 e. The summed E-state index contributed by atoms with van der Waals surface area (Å²) in [5.74, 6) is -0.699. The van der Waals surface area contributed by atoms with E-state index in [2.05, 4.69) is 0 Å². The zero-order valence-electron chi connectivity index (χ0n) is 8.27. The van der Waals surface area contributed by atoms with Crippen molar-refractivity contribution in [1.29, 1.82) is 0 Å². The lowest BCUT2D eigenvalue weighted by molar-refractivity contribution is -0.394. The van der Waals surface area contributed by atoms with Crippen molar-refractivity contribution < 1.29 is 18.3 Å². The van der Waals surface area contributed by atoms with Crippen molar-refractivity contribution in [2.45, 2.75) is 5.75 Å². The van der Waals surface area contributed by atoms with Gasteiger partial charge in [-0.25, -0.2) is 13.6 Å². The van der Waals surface area contributed by atoms with Crippen LogP contribution in [0, 0.1) is 20.2 Å². The lowest BCUT2D eigenvalue weighted by atomic mass is 10.2. The van der Waals surface area contributed by atoms with E-state index in [0.29, 0.717) is 0 Å². The van der Waals surface area contributed by atoms with Crippen molar-refractivity contribution >= 4 is 21.4 Å². The Hall–Kier alpha value is -2.07. The van der Waals surface area contributed by atoms with Crippen LogP contribution in [0.15, 0.2) is 18.2 Å². The van der Waals surface area contributed by atoms with Crippen molar-refractivity contribution in [3.8, 4) is 0 Å². The molecule has 0 aliphatic carbocycles. The number of nitro groups is 2. The first-order valence-corrected chi connectivity index (χ1v) is 5.84. The SMILES string of the molecule is NS(=O)(=O)Cc1cc([N+](=O)[O-])cc([N+](=O)[O-])c1. The van der Waals surface area contributed by atoms with Crippen LogP contribution in [0.3, 0.4) is 0 Å². The predicted octanol–water partition coefficient (Wildman–Crippen LogP) is 0.292. The molecule has 1 aromatic carbocycles. The molecule has 92 valence electrons. The van der Waals surface area contributed by atoms with E-state index in [4.69, 9.17) is 5.14 Å². The highest BCUT2D eigenvalue weighted by atomic mass is 32.2. The first-order valence-electron chi connectivity index (χ1n) is 4.12.